The van der Waals surface area contributed by atoms with Gasteiger partial charge in [-0.3, -0.25) is 0 Å². The third kappa shape index (κ3) is 37.0. The third-order valence-corrected chi connectivity index (χ3v) is 9.29. The van der Waals surface area contributed by atoms with Gasteiger partial charge in [-0.05, 0) is 32.6 Å². The number of aliphatic carboxylic acids is 1. The summed E-state index contributed by atoms with van der Waals surface area (Å²) in [4.78, 5) is 8.89. The molecule has 1 heterocycles. The predicted octanol–water partition coefficient (Wildman–Crippen LogP) is 12.1. The lowest BCUT2D eigenvalue weighted by molar-refractivity contribution is -0.696. The number of imidazole rings is 1. The van der Waals surface area contributed by atoms with Crippen molar-refractivity contribution in [3.05, 3.63) is 18.7 Å². The molecule has 0 atom stereocenters. The first-order valence-corrected chi connectivity index (χ1v) is 20.3. The summed E-state index contributed by atoms with van der Waals surface area (Å²) < 4.78 is 4.83. The summed E-state index contributed by atoms with van der Waals surface area (Å²) in [6, 6.07) is 0. The number of hydrogen-bond donors (Lipinski definition) is 0. The van der Waals surface area contributed by atoms with Crippen LogP contribution in [0.3, 0.4) is 0 Å². The maximum atomic E-state index is 8.89. The highest BCUT2D eigenvalue weighted by atomic mass is 16.4. The minimum absolute atomic E-state index is 0.972. The van der Waals surface area contributed by atoms with Crippen LogP contribution >= 0.6 is 0 Å². The number of rotatable bonds is 34. The van der Waals surface area contributed by atoms with Gasteiger partial charge < -0.3 is 9.90 Å². The van der Waals surface area contributed by atoms with Crippen LogP contribution in [0.4, 0.5) is 0 Å². The van der Waals surface area contributed by atoms with Gasteiger partial charge in [-0.15, -0.1) is 0 Å². The Kier molecular flexibility index (Phi) is 36.1. The van der Waals surface area contributed by atoms with Crippen LogP contribution in [0.5, 0.6) is 0 Å². The summed E-state index contributed by atoms with van der Waals surface area (Å²) >= 11 is 0. The van der Waals surface area contributed by atoms with Gasteiger partial charge in [0.05, 0.1) is 13.1 Å². The van der Waals surface area contributed by atoms with E-state index in [1.807, 2.05) is 0 Å². The van der Waals surface area contributed by atoms with Crippen LogP contribution in [-0.2, 0) is 17.9 Å². The van der Waals surface area contributed by atoms with Gasteiger partial charge in [-0.25, -0.2) is 9.13 Å². The fourth-order valence-corrected chi connectivity index (χ4v) is 6.39. The molecule has 0 aliphatic carbocycles. The second-order valence-corrected chi connectivity index (χ2v) is 14.0. The van der Waals surface area contributed by atoms with Crippen molar-refractivity contribution in [2.75, 3.05) is 0 Å². The standard InChI is InChI=1S/C39H77N2.C2H4O2/c1-3-5-7-9-11-13-15-17-19-21-23-25-27-29-31-33-35-40-37-38-41(39-40)36-34-32-30-28-26-24-22-20-18-16-14-12-10-8-6-4-2;1-2(3)4/h37-39H,3-36H2,1-2H3;1H3,(H,3,4)/q+1;/p-1. The molecule has 45 heavy (non-hydrogen) atoms. The van der Waals surface area contributed by atoms with E-state index in [0.717, 1.165) is 6.92 Å². The maximum Gasteiger partial charge on any atom is 0.243 e. The average Bonchev–Trinajstić information content (AvgIpc) is 3.48. The number of carbonyl (C=O) groups is 1. The Labute approximate surface area is 282 Å². The highest BCUT2D eigenvalue weighted by Crippen LogP contribution is 2.15. The van der Waals surface area contributed by atoms with Crippen molar-refractivity contribution in [2.45, 2.75) is 239 Å². The van der Waals surface area contributed by atoms with Crippen molar-refractivity contribution in [1.29, 1.82) is 0 Å². The Balaban J connectivity index is 0.00000454. The van der Waals surface area contributed by atoms with E-state index in [1.54, 1.807) is 0 Å². The molecule has 1 rings (SSSR count). The van der Waals surface area contributed by atoms with Crippen LogP contribution in [-0.4, -0.2) is 10.5 Å². The first-order valence-electron chi connectivity index (χ1n) is 20.3. The molecule has 0 aliphatic rings. The molecule has 0 spiro atoms. The minimum atomic E-state index is -1.08. The van der Waals surface area contributed by atoms with E-state index in [1.165, 1.54) is 219 Å². The fraction of sp³-hybridized carbons (Fsp3) is 0.902. The van der Waals surface area contributed by atoms with Gasteiger partial charge in [0.2, 0.25) is 6.33 Å². The summed E-state index contributed by atoms with van der Waals surface area (Å²) in [5, 5.41) is 8.89. The number of carbonyl (C=O) groups excluding carboxylic acids is 1. The maximum absolute atomic E-state index is 8.89. The first-order chi connectivity index (χ1) is 22.1. The molecule has 1 aromatic rings. The molecule has 0 unspecified atom stereocenters. The molecule has 0 aliphatic heterocycles. The summed E-state index contributed by atoms with van der Waals surface area (Å²) in [5.74, 6) is -1.08. The van der Waals surface area contributed by atoms with Gasteiger partial charge in [-0.1, -0.05) is 194 Å². The van der Waals surface area contributed by atoms with E-state index in [0.29, 0.717) is 0 Å². The van der Waals surface area contributed by atoms with E-state index in [2.05, 4.69) is 41.7 Å². The second-order valence-electron chi connectivity index (χ2n) is 14.0. The first kappa shape index (κ1) is 43.7. The van der Waals surface area contributed by atoms with Gasteiger partial charge in [0, 0.05) is 5.97 Å². The molecule has 266 valence electrons. The largest absolute Gasteiger partial charge is 0.550 e. The van der Waals surface area contributed by atoms with Gasteiger partial charge in [-0.2, -0.15) is 0 Å². The molecular formula is C41H80N2O2. The van der Waals surface area contributed by atoms with Crippen molar-refractivity contribution in [3.8, 4) is 0 Å². The molecule has 0 saturated heterocycles. The normalized spacial score (nSPS) is 11.1. The Morgan fingerprint density at radius 1 is 0.489 bits per heavy atom. The lowest BCUT2D eigenvalue weighted by Gasteiger charge is -2.03. The quantitative estimate of drug-likeness (QED) is 0.0560. The zero-order valence-electron chi connectivity index (χ0n) is 31.0. The molecule has 0 bridgehead atoms. The molecule has 0 fully saturated rings. The topological polar surface area (TPSA) is 48.9 Å². The highest BCUT2D eigenvalue weighted by Gasteiger charge is 2.04. The molecule has 0 amide bonds. The fourth-order valence-electron chi connectivity index (χ4n) is 6.39. The van der Waals surface area contributed by atoms with Crippen LogP contribution < -0.4 is 9.67 Å². The van der Waals surface area contributed by atoms with E-state index < -0.39 is 5.97 Å². The van der Waals surface area contributed by atoms with Crippen LogP contribution in [0, 0.1) is 0 Å². The van der Waals surface area contributed by atoms with Crippen molar-refractivity contribution in [3.63, 3.8) is 0 Å². The van der Waals surface area contributed by atoms with Crippen molar-refractivity contribution < 1.29 is 14.5 Å². The summed E-state index contributed by atoms with van der Waals surface area (Å²) in [7, 11) is 0. The van der Waals surface area contributed by atoms with Gasteiger partial charge in [0.15, 0.2) is 0 Å². The number of carboxylic acids is 1. The molecular weight excluding hydrogens is 552 g/mol. The van der Waals surface area contributed by atoms with Crippen LogP contribution in [0.15, 0.2) is 18.7 Å². The summed E-state index contributed by atoms with van der Waals surface area (Å²) in [6.45, 7) is 7.98. The number of carboxylic acid groups (broad SMARTS) is 1. The number of hydrogen-bond acceptors (Lipinski definition) is 2. The number of nitrogens with zero attached hydrogens (tertiary/aromatic N) is 2. The molecule has 0 saturated carbocycles. The van der Waals surface area contributed by atoms with Crippen molar-refractivity contribution in [1.82, 2.24) is 4.57 Å². The van der Waals surface area contributed by atoms with Crippen molar-refractivity contribution in [2.24, 2.45) is 0 Å². The number of aryl methyl sites for hydroxylation is 2. The second kappa shape index (κ2) is 37.1. The molecule has 0 N–H and O–H groups in total. The average molecular weight is 633 g/mol. The summed E-state index contributed by atoms with van der Waals surface area (Å²) in [6.07, 6.45) is 53.2. The van der Waals surface area contributed by atoms with E-state index >= 15 is 0 Å². The zero-order valence-corrected chi connectivity index (χ0v) is 31.0. The predicted molar refractivity (Wildman–Crippen MR) is 194 cm³/mol. The highest BCUT2D eigenvalue weighted by molar-refractivity contribution is 5.60. The number of aromatic nitrogens is 2. The lowest BCUT2D eigenvalue weighted by atomic mass is 10.0. The van der Waals surface area contributed by atoms with Crippen molar-refractivity contribution >= 4 is 5.97 Å². The van der Waals surface area contributed by atoms with Gasteiger partial charge in [0.25, 0.3) is 0 Å². The van der Waals surface area contributed by atoms with Crippen LogP contribution in [0.1, 0.15) is 226 Å². The Hall–Kier alpha value is -1.32. The van der Waals surface area contributed by atoms with Gasteiger partial charge in [0.1, 0.15) is 12.4 Å². The molecule has 1 aromatic heterocycles. The Bertz CT molecular complexity index is 647. The Morgan fingerprint density at radius 3 is 1.07 bits per heavy atom. The molecule has 0 aromatic carbocycles. The van der Waals surface area contributed by atoms with Crippen LogP contribution in [0.25, 0.3) is 0 Å². The molecule has 4 heteroatoms. The SMILES string of the molecule is CC(=O)[O-].CCCCCCCCCCCCCCCCCCn1cc[n+](CCCCCCCCCCCCCCCCCC)c1. The Morgan fingerprint density at radius 2 is 0.756 bits per heavy atom. The van der Waals surface area contributed by atoms with E-state index in [4.69, 9.17) is 9.90 Å². The molecule has 4 nitrogen and oxygen atoms in total. The van der Waals surface area contributed by atoms with E-state index in [9.17, 15) is 0 Å². The van der Waals surface area contributed by atoms with E-state index in [-0.39, 0.29) is 0 Å². The number of unbranched alkanes of at least 4 members (excludes halogenated alkanes) is 30. The zero-order chi connectivity index (χ0) is 32.9. The van der Waals surface area contributed by atoms with Gasteiger partial charge >= 0.3 is 0 Å². The minimum Gasteiger partial charge on any atom is -0.550 e. The molecule has 0 radical (unpaired) electrons. The monoisotopic (exact) mass is 633 g/mol. The summed E-state index contributed by atoms with van der Waals surface area (Å²) in [5.41, 5.74) is 0. The third-order valence-electron chi connectivity index (χ3n) is 9.29. The smallest absolute Gasteiger partial charge is 0.243 e. The van der Waals surface area contributed by atoms with Crippen LogP contribution in [0.2, 0.25) is 0 Å². The lowest BCUT2D eigenvalue weighted by Crippen LogP contribution is -2.30.